The van der Waals surface area contributed by atoms with E-state index in [1.54, 1.807) is 0 Å². The van der Waals surface area contributed by atoms with E-state index in [9.17, 15) is 18.0 Å². The summed E-state index contributed by atoms with van der Waals surface area (Å²) in [6.07, 6.45) is 0. The van der Waals surface area contributed by atoms with Crippen LogP contribution in [0.25, 0.3) is 0 Å². The molecule has 0 saturated heterocycles. The van der Waals surface area contributed by atoms with Gasteiger partial charge in [0.2, 0.25) is 0 Å². The van der Waals surface area contributed by atoms with Crippen molar-refractivity contribution in [3.63, 3.8) is 0 Å². The summed E-state index contributed by atoms with van der Waals surface area (Å²) in [6.45, 7) is 0. The average Bonchev–Trinajstić information content (AvgIpc) is 2.47. The SMILES string of the molecule is O=C(O)c1cc(S(=O)(=O)Nc2ccccc2C(=O)O)ccc1Cl. The second kappa shape index (κ2) is 6.27. The van der Waals surface area contributed by atoms with Crippen LogP contribution >= 0.6 is 11.6 Å². The molecule has 0 fully saturated rings. The summed E-state index contributed by atoms with van der Waals surface area (Å²) in [5.74, 6) is -2.68. The van der Waals surface area contributed by atoms with E-state index in [1.165, 1.54) is 24.3 Å². The Bertz CT molecular complexity index is 894. The zero-order valence-electron chi connectivity index (χ0n) is 11.4. The van der Waals surface area contributed by atoms with E-state index in [1.807, 2.05) is 0 Å². The highest BCUT2D eigenvalue weighted by molar-refractivity contribution is 7.92. The van der Waals surface area contributed by atoms with Crippen LogP contribution in [0, 0.1) is 0 Å². The first-order valence-electron chi connectivity index (χ1n) is 6.10. The summed E-state index contributed by atoms with van der Waals surface area (Å²) < 4.78 is 26.8. The molecule has 120 valence electrons. The van der Waals surface area contributed by atoms with Gasteiger partial charge in [-0.1, -0.05) is 23.7 Å². The van der Waals surface area contributed by atoms with Crippen LogP contribution in [-0.2, 0) is 10.0 Å². The first-order valence-corrected chi connectivity index (χ1v) is 7.96. The highest BCUT2D eigenvalue weighted by Gasteiger charge is 2.20. The van der Waals surface area contributed by atoms with E-state index in [2.05, 4.69) is 4.72 Å². The van der Waals surface area contributed by atoms with Crippen molar-refractivity contribution in [3.8, 4) is 0 Å². The van der Waals surface area contributed by atoms with Crippen molar-refractivity contribution in [2.75, 3.05) is 4.72 Å². The molecule has 0 saturated carbocycles. The number of hydrogen-bond donors (Lipinski definition) is 3. The molecule has 0 heterocycles. The Morgan fingerprint density at radius 1 is 0.957 bits per heavy atom. The van der Waals surface area contributed by atoms with Gasteiger partial charge in [0.05, 0.1) is 26.7 Å². The van der Waals surface area contributed by atoms with Crippen LogP contribution in [-0.4, -0.2) is 30.6 Å². The number of benzene rings is 2. The lowest BCUT2D eigenvalue weighted by Crippen LogP contribution is -2.16. The number of anilines is 1. The molecule has 2 aromatic carbocycles. The Hall–Kier alpha value is -2.58. The zero-order chi connectivity index (χ0) is 17.2. The Morgan fingerprint density at radius 3 is 2.17 bits per heavy atom. The monoisotopic (exact) mass is 355 g/mol. The minimum atomic E-state index is -4.18. The van der Waals surface area contributed by atoms with Crippen molar-refractivity contribution in [1.82, 2.24) is 0 Å². The fourth-order valence-corrected chi connectivity index (χ4v) is 3.10. The largest absolute Gasteiger partial charge is 0.478 e. The van der Waals surface area contributed by atoms with Gasteiger partial charge in [-0.05, 0) is 30.3 Å². The molecule has 0 atom stereocenters. The van der Waals surface area contributed by atoms with Crippen LogP contribution in [0.2, 0.25) is 5.02 Å². The van der Waals surface area contributed by atoms with Crippen molar-refractivity contribution in [2.24, 2.45) is 0 Å². The molecule has 0 aliphatic rings. The molecule has 23 heavy (non-hydrogen) atoms. The van der Waals surface area contributed by atoms with Crippen molar-refractivity contribution >= 4 is 39.3 Å². The molecule has 2 rings (SSSR count). The average molecular weight is 356 g/mol. The molecule has 0 unspecified atom stereocenters. The summed E-state index contributed by atoms with van der Waals surface area (Å²) in [5, 5.41) is 17.9. The normalized spacial score (nSPS) is 11.0. The lowest BCUT2D eigenvalue weighted by molar-refractivity contribution is 0.0686. The molecule has 9 heteroatoms. The van der Waals surface area contributed by atoms with Gasteiger partial charge in [-0.3, -0.25) is 4.72 Å². The number of carboxylic acid groups (broad SMARTS) is 2. The van der Waals surface area contributed by atoms with Gasteiger partial charge in [-0.25, -0.2) is 18.0 Å². The van der Waals surface area contributed by atoms with Gasteiger partial charge in [-0.2, -0.15) is 0 Å². The third kappa shape index (κ3) is 3.61. The summed E-state index contributed by atoms with van der Waals surface area (Å²) in [5.41, 5.74) is -0.739. The third-order valence-corrected chi connectivity index (χ3v) is 4.57. The molecule has 0 amide bonds. The number of carboxylic acids is 2. The van der Waals surface area contributed by atoms with Crippen LogP contribution in [0.5, 0.6) is 0 Å². The van der Waals surface area contributed by atoms with E-state index in [0.717, 1.165) is 18.2 Å². The van der Waals surface area contributed by atoms with Gasteiger partial charge >= 0.3 is 11.9 Å². The lowest BCUT2D eigenvalue weighted by Gasteiger charge is -2.11. The summed E-state index contributed by atoms with van der Waals surface area (Å²) >= 11 is 5.69. The fraction of sp³-hybridized carbons (Fsp3) is 0. The number of nitrogens with one attached hydrogen (secondary N) is 1. The maximum absolute atomic E-state index is 12.3. The molecule has 0 spiro atoms. The number of sulfonamides is 1. The number of halogens is 1. The van der Waals surface area contributed by atoms with Crippen LogP contribution in [0.15, 0.2) is 47.4 Å². The maximum Gasteiger partial charge on any atom is 0.337 e. The predicted octanol–water partition coefficient (Wildman–Crippen LogP) is 2.54. The van der Waals surface area contributed by atoms with Crippen molar-refractivity contribution in [2.45, 2.75) is 4.90 Å². The third-order valence-electron chi connectivity index (χ3n) is 2.88. The number of para-hydroxylation sites is 1. The van der Waals surface area contributed by atoms with Crippen LogP contribution < -0.4 is 4.72 Å². The lowest BCUT2D eigenvalue weighted by atomic mass is 10.2. The zero-order valence-corrected chi connectivity index (χ0v) is 12.9. The second-order valence-corrected chi connectivity index (χ2v) is 6.49. The molecule has 0 bridgehead atoms. The standard InChI is InChI=1S/C14H10ClNO6S/c15-11-6-5-8(7-10(11)14(19)20)23(21,22)16-12-4-2-1-3-9(12)13(17)18/h1-7,16H,(H,17,18)(H,19,20). The Morgan fingerprint density at radius 2 is 1.57 bits per heavy atom. The quantitative estimate of drug-likeness (QED) is 0.757. The minimum Gasteiger partial charge on any atom is -0.478 e. The Labute approximate surface area is 136 Å². The Kier molecular flexibility index (Phi) is 4.57. The minimum absolute atomic E-state index is 0.109. The highest BCUT2D eigenvalue weighted by Crippen LogP contribution is 2.24. The highest BCUT2D eigenvalue weighted by atomic mass is 35.5. The number of rotatable bonds is 5. The first-order chi connectivity index (χ1) is 10.7. The molecule has 2 aromatic rings. The van der Waals surface area contributed by atoms with Gasteiger partial charge < -0.3 is 10.2 Å². The van der Waals surface area contributed by atoms with Gasteiger partial charge in [0, 0.05) is 0 Å². The van der Waals surface area contributed by atoms with Gasteiger partial charge in [0.25, 0.3) is 10.0 Å². The summed E-state index contributed by atoms with van der Waals surface area (Å²) in [6, 6.07) is 8.61. The molecule has 3 N–H and O–H groups in total. The van der Waals surface area contributed by atoms with Gasteiger partial charge in [-0.15, -0.1) is 0 Å². The summed E-state index contributed by atoms with van der Waals surface area (Å²) in [7, 11) is -4.18. The molecule has 0 aromatic heterocycles. The van der Waals surface area contributed by atoms with Crippen LogP contribution in [0.1, 0.15) is 20.7 Å². The molecule has 0 aliphatic carbocycles. The van der Waals surface area contributed by atoms with E-state index >= 15 is 0 Å². The Balaban J connectivity index is 2.47. The first kappa shape index (κ1) is 16.8. The molecule has 0 radical (unpaired) electrons. The molecular weight excluding hydrogens is 346 g/mol. The van der Waals surface area contributed by atoms with Crippen molar-refractivity contribution < 1.29 is 28.2 Å². The fourth-order valence-electron chi connectivity index (χ4n) is 1.80. The smallest absolute Gasteiger partial charge is 0.337 e. The van der Waals surface area contributed by atoms with Crippen molar-refractivity contribution in [3.05, 3.63) is 58.6 Å². The molecular formula is C14H10ClNO6S. The number of hydrogen-bond acceptors (Lipinski definition) is 4. The molecule has 7 nitrogen and oxygen atoms in total. The van der Waals surface area contributed by atoms with E-state index in [0.29, 0.717) is 0 Å². The second-order valence-electron chi connectivity index (χ2n) is 4.40. The van der Waals surface area contributed by atoms with Crippen molar-refractivity contribution in [1.29, 1.82) is 0 Å². The van der Waals surface area contributed by atoms with E-state index in [-0.39, 0.29) is 26.7 Å². The predicted molar refractivity (Wildman–Crippen MR) is 82.6 cm³/mol. The van der Waals surface area contributed by atoms with Gasteiger partial charge in [0.1, 0.15) is 0 Å². The topological polar surface area (TPSA) is 121 Å². The van der Waals surface area contributed by atoms with E-state index in [4.69, 9.17) is 21.8 Å². The van der Waals surface area contributed by atoms with Crippen LogP contribution in [0.3, 0.4) is 0 Å². The molecule has 0 aliphatic heterocycles. The number of aromatic carboxylic acids is 2. The maximum atomic E-state index is 12.3. The number of carbonyl (C=O) groups is 2. The van der Waals surface area contributed by atoms with Gasteiger partial charge in [0.15, 0.2) is 0 Å². The summed E-state index contributed by atoms with van der Waals surface area (Å²) in [4.78, 5) is 21.8. The van der Waals surface area contributed by atoms with E-state index < -0.39 is 22.0 Å². The van der Waals surface area contributed by atoms with Crippen LogP contribution in [0.4, 0.5) is 5.69 Å².